The number of thiocarbonyl (C=S) groups is 1. The molecule has 1 heterocycles. The lowest BCUT2D eigenvalue weighted by Crippen LogP contribution is -2.44. The molecule has 0 aliphatic carbocycles. The van der Waals surface area contributed by atoms with E-state index in [9.17, 15) is 0 Å². The van der Waals surface area contributed by atoms with Crippen molar-refractivity contribution in [2.75, 3.05) is 13.1 Å². The molecule has 70 valence electrons. The summed E-state index contributed by atoms with van der Waals surface area (Å²) >= 11 is 5.26. The van der Waals surface area contributed by atoms with E-state index in [1.807, 2.05) is 0 Å². The molecule has 1 fully saturated rings. The molecular formula is C9H18N2S. The second kappa shape index (κ2) is 4.65. The predicted octanol–water partition coefficient (Wildman–Crippen LogP) is 1.76. The van der Waals surface area contributed by atoms with Gasteiger partial charge in [-0.3, -0.25) is 0 Å². The Kier molecular flexibility index (Phi) is 3.79. The molecule has 0 aromatic rings. The van der Waals surface area contributed by atoms with E-state index >= 15 is 0 Å². The molecule has 0 atom stereocenters. The number of hydrogen-bond acceptors (Lipinski definition) is 1. The Bertz CT molecular complexity index is 151. The van der Waals surface area contributed by atoms with Gasteiger partial charge in [-0.05, 0) is 45.3 Å². The number of piperidine rings is 1. The van der Waals surface area contributed by atoms with E-state index in [2.05, 4.69) is 24.1 Å². The smallest absolute Gasteiger partial charge is 0.169 e. The van der Waals surface area contributed by atoms with Gasteiger partial charge in [0.15, 0.2) is 5.11 Å². The minimum Gasteiger partial charge on any atom is -0.360 e. The van der Waals surface area contributed by atoms with E-state index in [4.69, 9.17) is 12.2 Å². The van der Waals surface area contributed by atoms with Crippen LogP contribution in [0.5, 0.6) is 0 Å². The van der Waals surface area contributed by atoms with Gasteiger partial charge in [0.05, 0.1) is 0 Å². The number of likely N-dealkylation sites (tertiary alicyclic amines) is 1. The van der Waals surface area contributed by atoms with E-state index in [1.165, 1.54) is 19.3 Å². The van der Waals surface area contributed by atoms with Crippen molar-refractivity contribution in [1.29, 1.82) is 0 Å². The SMILES string of the molecule is CC(C)NC(=S)N1CCCCC1. The topological polar surface area (TPSA) is 15.3 Å². The molecule has 0 bridgehead atoms. The molecule has 1 saturated heterocycles. The van der Waals surface area contributed by atoms with Crippen molar-refractivity contribution >= 4 is 17.3 Å². The molecule has 0 amide bonds. The van der Waals surface area contributed by atoms with Crippen LogP contribution in [0.2, 0.25) is 0 Å². The normalized spacial score (nSPS) is 18.1. The average molecular weight is 186 g/mol. The summed E-state index contributed by atoms with van der Waals surface area (Å²) < 4.78 is 0. The summed E-state index contributed by atoms with van der Waals surface area (Å²) in [7, 11) is 0. The van der Waals surface area contributed by atoms with E-state index in [0.717, 1.165) is 18.2 Å². The Morgan fingerprint density at radius 1 is 1.25 bits per heavy atom. The first-order valence-corrected chi connectivity index (χ1v) is 5.16. The highest BCUT2D eigenvalue weighted by atomic mass is 32.1. The van der Waals surface area contributed by atoms with Crippen LogP contribution in [0.25, 0.3) is 0 Å². The van der Waals surface area contributed by atoms with E-state index in [1.54, 1.807) is 0 Å². The van der Waals surface area contributed by atoms with Gasteiger partial charge in [-0.1, -0.05) is 0 Å². The number of hydrogen-bond donors (Lipinski definition) is 1. The zero-order valence-corrected chi connectivity index (χ0v) is 8.78. The van der Waals surface area contributed by atoms with Gasteiger partial charge in [-0.15, -0.1) is 0 Å². The molecule has 3 heteroatoms. The molecule has 0 saturated carbocycles. The van der Waals surface area contributed by atoms with Crippen molar-refractivity contribution in [1.82, 2.24) is 10.2 Å². The van der Waals surface area contributed by atoms with Gasteiger partial charge in [-0.2, -0.15) is 0 Å². The van der Waals surface area contributed by atoms with Gasteiger partial charge in [0, 0.05) is 19.1 Å². The average Bonchev–Trinajstić information content (AvgIpc) is 2.05. The number of nitrogens with zero attached hydrogens (tertiary/aromatic N) is 1. The monoisotopic (exact) mass is 186 g/mol. The molecule has 0 spiro atoms. The lowest BCUT2D eigenvalue weighted by molar-refractivity contribution is 0.335. The molecule has 1 aliphatic rings. The Balaban J connectivity index is 2.30. The molecule has 12 heavy (non-hydrogen) atoms. The molecule has 0 aromatic heterocycles. The van der Waals surface area contributed by atoms with E-state index in [-0.39, 0.29) is 0 Å². The van der Waals surface area contributed by atoms with Crippen LogP contribution in [-0.4, -0.2) is 29.1 Å². The fourth-order valence-corrected chi connectivity index (χ4v) is 1.85. The Labute approximate surface area is 80.3 Å². The molecule has 1 rings (SSSR count). The number of rotatable bonds is 1. The summed E-state index contributed by atoms with van der Waals surface area (Å²) in [5, 5.41) is 4.20. The fourth-order valence-electron chi connectivity index (χ4n) is 1.44. The third kappa shape index (κ3) is 2.97. The summed E-state index contributed by atoms with van der Waals surface area (Å²) in [5.74, 6) is 0. The number of nitrogens with one attached hydrogen (secondary N) is 1. The summed E-state index contributed by atoms with van der Waals surface area (Å²) in [6.07, 6.45) is 3.95. The van der Waals surface area contributed by atoms with Gasteiger partial charge in [0.2, 0.25) is 0 Å². The Morgan fingerprint density at radius 2 is 1.83 bits per heavy atom. The van der Waals surface area contributed by atoms with Gasteiger partial charge in [0.1, 0.15) is 0 Å². The van der Waals surface area contributed by atoms with Crippen LogP contribution in [0.3, 0.4) is 0 Å². The largest absolute Gasteiger partial charge is 0.360 e. The van der Waals surface area contributed by atoms with Crippen LogP contribution < -0.4 is 5.32 Å². The first kappa shape index (κ1) is 9.78. The highest BCUT2D eigenvalue weighted by Crippen LogP contribution is 2.08. The maximum absolute atomic E-state index is 5.26. The minimum absolute atomic E-state index is 0.458. The van der Waals surface area contributed by atoms with Crippen molar-refractivity contribution in [3.05, 3.63) is 0 Å². The molecule has 0 radical (unpaired) electrons. The third-order valence-electron chi connectivity index (χ3n) is 2.06. The van der Waals surface area contributed by atoms with Crippen molar-refractivity contribution in [3.63, 3.8) is 0 Å². The summed E-state index contributed by atoms with van der Waals surface area (Å²) in [6.45, 7) is 6.52. The summed E-state index contributed by atoms with van der Waals surface area (Å²) in [6, 6.07) is 0.458. The Hall–Kier alpha value is -0.310. The van der Waals surface area contributed by atoms with Crippen LogP contribution in [0.1, 0.15) is 33.1 Å². The second-order valence-electron chi connectivity index (χ2n) is 3.65. The molecule has 1 aliphatic heterocycles. The lowest BCUT2D eigenvalue weighted by Gasteiger charge is -2.30. The lowest BCUT2D eigenvalue weighted by atomic mass is 10.1. The summed E-state index contributed by atoms with van der Waals surface area (Å²) in [4.78, 5) is 2.28. The first-order valence-electron chi connectivity index (χ1n) is 4.75. The van der Waals surface area contributed by atoms with Gasteiger partial charge in [-0.25, -0.2) is 0 Å². The maximum Gasteiger partial charge on any atom is 0.169 e. The molecule has 0 unspecified atom stereocenters. The van der Waals surface area contributed by atoms with Crippen LogP contribution >= 0.6 is 12.2 Å². The first-order chi connectivity index (χ1) is 5.70. The molecule has 0 aromatic carbocycles. The predicted molar refractivity (Wildman–Crippen MR) is 56.3 cm³/mol. The fraction of sp³-hybridized carbons (Fsp3) is 0.889. The summed E-state index contributed by atoms with van der Waals surface area (Å²) in [5.41, 5.74) is 0. The van der Waals surface area contributed by atoms with Gasteiger partial charge < -0.3 is 10.2 Å². The molecule has 1 N–H and O–H groups in total. The van der Waals surface area contributed by atoms with Crippen LogP contribution in [0.4, 0.5) is 0 Å². The van der Waals surface area contributed by atoms with E-state index in [0.29, 0.717) is 6.04 Å². The van der Waals surface area contributed by atoms with Gasteiger partial charge >= 0.3 is 0 Å². The zero-order valence-electron chi connectivity index (χ0n) is 7.97. The molecular weight excluding hydrogens is 168 g/mol. The van der Waals surface area contributed by atoms with Crippen molar-refractivity contribution in [3.8, 4) is 0 Å². The van der Waals surface area contributed by atoms with Crippen LogP contribution in [-0.2, 0) is 0 Å². The zero-order chi connectivity index (χ0) is 8.97. The van der Waals surface area contributed by atoms with Crippen LogP contribution in [0, 0.1) is 0 Å². The minimum atomic E-state index is 0.458. The van der Waals surface area contributed by atoms with Crippen molar-refractivity contribution in [2.24, 2.45) is 0 Å². The highest BCUT2D eigenvalue weighted by molar-refractivity contribution is 7.80. The quantitative estimate of drug-likeness (QED) is 0.628. The van der Waals surface area contributed by atoms with Crippen molar-refractivity contribution in [2.45, 2.75) is 39.2 Å². The Morgan fingerprint density at radius 3 is 2.33 bits per heavy atom. The molecule has 2 nitrogen and oxygen atoms in total. The van der Waals surface area contributed by atoms with E-state index < -0.39 is 0 Å². The van der Waals surface area contributed by atoms with Crippen molar-refractivity contribution < 1.29 is 0 Å². The third-order valence-corrected chi connectivity index (χ3v) is 2.43. The maximum atomic E-state index is 5.26. The highest BCUT2D eigenvalue weighted by Gasteiger charge is 2.12. The standard InChI is InChI=1S/C9H18N2S/c1-8(2)10-9(12)11-6-4-3-5-7-11/h8H,3-7H2,1-2H3,(H,10,12). The van der Waals surface area contributed by atoms with Crippen LogP contribution in [0.15, 0.2) is 0 Å². The second-order valence-corrected chi connectivity index (χ2v) is 4.04. The van der Waals surface area contributed by atoms with Gasteiger partial charge in [0.25, 0.3) is 0 Å².